The van der Waals surface area contributed by atoms with Crippen molar-refractivity contribution in [1.82, 2.24) is 14.8 Å². The van der Waals surface area contributed by atoms with Crippen LogP contribution < -0.4 is 5.73 Å². The highest BCUT2D eigenvalue weighted by Crippen LogP contribution is 2.25. The molecule has 4 nitrogen and oxygen atoms in total. The number of halogens is 1. The quantitative estimate of drug-likeness (QED) is 0.872. The number of nitrogens with two attached hydrogens (primary N) is 1. The van der Waals surface area contributed by atoms with E-state index in [0.717, 1.165) is 11.4 Å². The van der Waals surface area contributed by atoms with Crippen LogP contribution in [0.15, 0.2) is 24.3 Å². The van der Waals surface area contributed by atoms with Gasteiger partial charge in [0, 0.05) is 16.6 Å². The molecule has 0 bridgehead atoms. The second-order valence-corrected chi connectivity index (χ2v) is 4.29. The molecule has 1 heterocycles. The minimum atomic E-state index is 0.212. The zero-order chi connectivity index (χ0) is 11.7. The maximum atomic E-state index is 5.94. The summed E-state index contributed by atoms with van der Waals surface area (Å²) in [5.74, 6) is 1.17. The Morgan fingerprint density at radius 1 is 1.31 bits per heavy atom. The second kappa shape index (κ2) is 4.14. The highest BCUT2D eigenvalue weighted by atomic mass is 35.5. The summed E-state index contributed by atoms with van der Waals surface area (Å²) in [4.78, 5) is 0. The Bertz CT molecular complexity index is 504. The lowest BCUT2D eigenvalue weighted by atomic mass is 10.2. The standard InChI is InChI=1S/C11H13ClN4/c1-7(2)16-10(14-15-11(16)13)8-4-3-5-9(12)6-8/h3-7H,1-2H3,(H2,13,15). The molecule has 0 saturated carbocycles. The molecule has 0 amide bonds. The summed E-state index contributed by atoms with van der Waals surface area (Å²) in [6, 6.07) is 7.71. The summed E-state index contributed by atoms with van der Waals surface area (Å²) in [5, 5.41) is 8.64. The predicted molar refractivity (Wildman–Crippen MR) is 65.3 cm³/mol. The van der Waals surface area contributed by atoms with Gasteiger partial charge in [-0.1, -0.05) is 23.7 Å². The van der Waals surface area contributed by atoms with Crippen molar-refractivity contribution in [3.8, 4) is 11.4 Å². The SMILES string of the molecule is CC(C)n1c(N)nnc1-c1cccc(Cl)c1. The van der Waals surface area contributed by atoms with Gasteiger partial charge in [-0.15, -0.1) is 10.2 Å². The molecule has 0 spiro atoms. The van der Waals surface area contributed by atoms with Crippen molar-refractivity contribution in [2.24, 2.45) is 0 Å². The molecule has 2 N–H and O–H groups in total. The molecular formula is C11H13ClN4. The van der Waals surface area contributed by atoms with E-state index >= 15 is 0 Å². The van der Waals surface area contributed by atoms with Gasteiger partial charge in [0.1, 0.15) is 0 Å². The topological polar surface area (TPSA) is 56.7 Å². The predicted octanol–water partition coefficient (Wildman–Crippen LogP) is 2.76. The van der Waals surface area contributed by atoms with E-state index in [1.165, 1.54) is 0 Å². The lowest BCUT2D eigenvalue weighted by molar-refractivity contribution is 0.613. The van der Waals surface area contributed by atoms with Crippen molar-refractivity contribution >= 4 is 17.5 Å². The van der Waals surface area contributed by atoms with Gasteiger partial charge in [-0.05, 0) is 26.0 Å². The summed E-state index contributed by atoms with van der Waals surface area (Å²) >= 11 is 5.94. The van der Waals surface area contributed by atoms with Gasteiger partial charge in [-0.3, -0.25) is 4.57 Å². The molecule has 0 radical (unpaired) electrons. The summed E-state index contributed by atoms with van der Waals surface area (Å²) in [7, 11) is 0. The van der Waals surface area contributed by atoms with Gasteiger partial charge >= 0.3 is 0 Å². The lowest BCUT2D eigenvalue weighted by Gasteiger charge is -2.11. The average Bonchev–Trinajstić information content (AvgIpc) is 2.60. The Morgan fingerprint density at radius 3 is 2.69 bits per heavy atom. The van der Waals surface area contributed by atoms with E-state index in [1.54, 1.807) is 0 Å². The van der Waals surface area contributed by atoms with E-state index in [1.807, 2.05) is 42.7 Å². The number of aromatic nitrogens is 3. The van der Waals surface area contributed by atoms with Crippen LogP contribution in [0.4, 0.5) is 5.95 Å². The second-order valence-electron chi connectivity index (χ2n) is 3.86. The number of nitrogens with zero attached hydrogens (tertiary/aromatic N) is 3. The molecule has 0 atom stereocenters. The van der Waals surface area contributed by atoms with Crippen LogP contribution in [0.5, 0.6) is 0 Å². The first-order chi connectivity index (χ1) is 7.59. The Kier molecular flexibility index (Phi) is 2.83. The molecule has 0 aliphatic carbocycles. The average molecular weight is 237 g/mol. The number of hydrogen-bond donors (Lipinski definition) is 1. The summed E-state index contributed by atoms with van der Waals surface area (Å²) in [5.41, 5.74) is 6.70. The van der Waals surface area contributed by atoms with E-state index in [2.05, 4.69) is 10.2 Å². The molecule has 2 aromatic rings. The van der Waals surface area contributed by atoms with Crippen molar-refractivity contribution in [3.05, 3.63) is 29.3 Å². The van der Waals surface area contributed by atoms with Gasteiger partial charge in [0.2, 0.25) is 5.95 Å². The van der Waals surface area contributed by atoms with Crippen molar-refractivity contribution in [2.45, 2.75) is 19.9 Å². The smallest absolute Gasteiger partial charge is 0.222 e. The Balaban J connectivity index is 2.56. The maximum Gasteiger partial charge on any atom is 0.222 e. The maximum absolute atomic E-state index is 5.94. The Labute approximate surface area is 99.1 Å². The third-order valence-electron chi connectivity index (χ3n) is 2.32. The van der Waals surface area contributed by atoms with E-state index in [0.29, 0.717) is 11.0 Å². The third-order valence-corrected chi connectivity index (χ3v) is 2.56. The van der Waals surface area contributed by atoms with Crippen LogP contribution >= 0.6 is 11.6 Å². The summed E-state index contributed by atoms with van der Waals surface area (Å²) in [6.07, 6.45) is 0. The van der Waals surface area contributed by atoms with Gasteiger partial charge in [0.15, 0.2) is 5.82 Å². The fourth-order valence-corrected chi connectivity index (χ4v) is 1.83. The largest absolute Gasteiger partial charge is 0.368 e. The minimum Gasteiger partial charge on any atom is -0.368 e. The highest BCUT2D eigenvalue weighted by Gasteiger charge is 2.13. The Hall–Kier alpha value is -1.55. The number of rotatable bonds is 2. The molecule has 0 saturated heterocycles. The molecule has 0 unspecified atom stereocenters. The summed E-state index contributed by atoms with van der Waals surface area (Å²) in [6.45, 7) is 4.07. The molecule has 1 aromatic heterocycles. The number of nitrogen functional groups attached to an aromatic ring is 1. The zero-order valence-corrected chi connectivity index (χ0v) is 9.94. The number of hydrogen-bond acceptors (Lipinski definition) is 3. The van der Waals surface area contributed by atoms with Crippen molar-refractivity contribution in [1.29, 1.82) is 0 Å². The lowest BCUT2D eigenvalue weighted by Crippen LogP contribution is -2.07. The van der Waals surface area contributed by atoms with Crippen molar-refractivity contribution < 1.29 is 0 Å². The number of anilines is 1. The van der Waals surface area contributed by atoms with Crippen LogP contribution in [0.3, 0.4) is 0 Å². The molecular weight excluding hydrogens is 224 g/mol. The van der Waals surface area contributed by atoms with Crippen LogP contribution in [0.2, 0.25) is 5.02 Å². The molecule has 0 fully saturated rings. The van der Waals surface area contributed by atoms with Gasteiger partial charge in [0.25, 0.3) is 0 Å². The normalized spacial score (nSPS) is 11.0. The van der Waals surface area contributed by atoms with Crippen LogP contribution in [0.1, 0.15) is 19.9 Å². The number of benzene rings is 1. The van der Waals surface area contributed by atoms with Crippen molar-refractivity contribution in [3.63, 3.8) is 0 Å². The molecule has 1 aromatic carbocycles. The first-order valence-electron chi connectivity index (χ1n) is 5.06. The molecule has 16 heavy (non-hydrogen) atoms. The van der Waals surface area contributed by atoms with Gasteiger partial charge in [-0.2, -0.15) is 0 Å². The fourth-order valence-electron chi connectivity index (χ4n) is 1.64. The molecule has 5 heteroatoms. The van der Waals surface area contributed by atoms with Gasteiger partial charge in [-0.25, -0.2) is 0 Å². The first-order valence-corrected chi connectivity index (χ1v) is 5.43. The fraction of sp³-hybridized carbons (Fsp3) is 0.273. The molecule has 84 valence electrons. The van der Waals surface area contributed by atoms with Crippen LogP contribution in [0.25, 0.3) is 11.4 Å². The zero-order valence-electron chi connectivity index (χ0n) is 9.18. The van der Waals surface area contributed by atoms with Crippen LogP contribution in [-0.4, -0.2) is 14.8 Å². The van der Waals surface area contributed by atoms with Gasteiger partial charge < -0.3 is 5.73 Å². The highest BCUT2D eigenvalue weighted by molar-refractivity contribution is 6.30. The van der Waals surface area contributed by atoms with Crippen LogP contribution in [0, 0.1) is 0 Å². The first kappa shape index (κ1) is 11.0. The third kappa shape index (κ3) is 1.88. The molecule has 0 aliphatic rings. The van der Waals surface area contributed by atoms with E-state index < -0.39 is 0 Å². The van der Waals surface area contributed by atoms with Crippen LogP contribution in [-0.2, 0) is 0 Å². The van der Waals surface area contributed by atoms with E-state index in [-0.39, 0.29) is 6.04 Å². The van der Waals surface area contributed by atoms with Gasteiger partial charge in [0.05, 0.1) is 0 Å². The summed E-state index contributed by atoms with van der Waals surface area (Å²) < 4.78 is 1.88. The van der Waals surface area contributed by atoms with E-state index in [4.69, 9.17) is 17.3 Å². The monoisotopic (exact) mass is 236 g/mol. The minimum absolute atomic E-state index is 0.212. The Morgan fingerprint density at radius 2 is 2.06 bits per heavy atom. The molecule has 0 aliphatic heterocycles. The van der Waals surface area contributed by atoms with Crippen molar-refractivity contribution in [2.75, 3.05) is 5.73 Å². The molecule has 2 rings (SSSR count). The van der Waals surface area contributed by atoms with E-state index in [9.17, 15) is 0 Å².